The van der Waals surface area contributed by atoms with Crippen LogP contribution in [0.25, 0.3) is 5.69 Å². The number of nitrogens with zero attached hydrogens (tertiary/aromatic N) is 4. The predicted molar refractivity (Wildman–Crippen MR) is 113 cm³/mol. The Bertz CT molecular complexity index is 1370. The van der Waals surface area contributed by atoms with Crippen LogP contribution in [-0.4, -0.2) is 24.7 Å². The van der Waals surface area contributed by atoms with E-state index in [4.69, 9.17) is 33.8 Å². The van der Waals surface area contributed by atoms with Gasteiger partial charge in [0.1, 0.15) is 6.20 Å². The Labute approximate surface area is 184 Å². The lowest BCUT2D eigenvalue weighted by molar-refractivity contribution is 0.448. The lowest BCUT2D eigenvalue weighted by atomic mass is 9.98. The van der Waals surface area contributed by atoms with Gasteiger partial charge in [0.05, 0.1) is 15.7 Å². The van der Waals surface area contributed by atoms with Crippen LogP contribution < -0.4 is 27.4 Å². The molecule has 0 amide bonds. The molecule has 2 aromatic heterocycles. The number of nitrogen functional groups attached to an aromatic ring is 1. The molecule has 2 aliphatic carbocycles. The molecule has 5 rings (SSSR count). The molecule has 0 aliphatic heterocycles. The Balaban J connectivity index is 1.54. The number of hydrogen-bond acceptors (Lipinski definition) is 7. The van der Waals surface area contributed by atoms with Gasteiger partial charge in [0.2, 0.25) is 5.88 Å². The molecule has 0 saturated heterocycles. The second-order valence-corrected chi connectivity index (χ2v) is 8.43. The average molecular weight is 463 g/mol. The molecule has 3 aromatic rings. The second kappa shape index (κ2) is 7.24. The molecule has 12 heteroatoms. The van der Waals surface area contributed by atoms with Crippen LogP contribution >= 0.6 is 23.2 Å². The van der Waals surface area contributed by atoms with Gasteiger partial charge >= 0.3 is 5.69 Å². The fourth-order valence-electron chi connectivity index (χ4n) is 4.07. The van der Waals surface area contributed by atoms with Crippen molar-refractivity contribution in [2.75, 3.05) is 5.84 Å². The smallest absolute Gasteiger partial charge is 0.370 e. The molecule has 0 bridgehead atoms. The molecule has 1 aromatic carbocycles. The minimum absolute atomic E-state index is 0.0875. The van der Waals surface area contributed by atoms with Crippen LogP contribution in [0.1, 0.15) is 36.3 Å². The number of hydrogen-bond donors (Lipinski definition) is 2. The highest BCUT2D eigenvalue weighted by molar-refractivity contribution is 6.37. The summed E-state index contributed by atoms with van der Waals surface area (Å²) in [5, 5.41) is 10.5. The highest BCUT2D eigenvalue weighted by Crippen LogP contribution is 2.50. The maximum Gasteiger partial charge on any atom is 0.370 e. The molecule has 2 aliphatic rings. The predicted octanol–water partition coefficient (Wildman–Crippen LogP) is 1.73. The van der Waals surface area contributed by atoms with Crippen molar-refractivity contribution >= 4 is 23.2 Å². The summed E-state index contributed by atoms with van der Waals surface area (Å²) in [4.78, 5) is 36.1. The van der Waals surface area contributed by atoms with Gasteiger partial charge in [-0.05, 0) is 49.7 Å². The van der Waals surface area contributed by atoms with E-state index >= 15 is 0 Å². The number of aromatic amines is 1. The Kier molecular flexibility index (Phi) is 4.63. The van der Waals surface area contributed by atoms with E-state index in [0.29, 0.717) is 17.0 Å². The van der Waals surface area contributed by atoms with Crippen LogP contribution in [0, 0.1) is 5.92 Å². The normalized spacial score (nSPS) is 17.5. The van der Waals surface area contributed by atoms with Gasteiger partial charge in [-0.2, -0.15) is 14.5 Å². The first kappa shape index (κ1) is 19.8. The number of halogens is 2. The van der Waals surface area contributed by atoms with Crippen LogP contribution in [0.15, 0.2) is 32.7 Å². The third kappa shape index (κ3) is 3.31. The number of ether oxygens (including phenoxy) is 1. The maximum absolute atomic E-state index is 12.4. The Morgan fingerprint density at radius 3 is 2.52 bits per heavy atom. The summed E-state index contributed by atoms with van der Waals surface area (Å²) < 4.78 is 7.23. The fourth-order valence-corrected chi connectivity index (χ4v) is 4.62. The van der Waals surface area contributed by atoms with Gasteiger partial charge in [0, 0.05) is 11.1 Å². The number of nitrogens with one attached hydrogen (secondary N) is 1. The molecule has 160 valence electrons. The van der Waals surface area contributed by atoms with Gasteiger partial charge in [0.25, 0.3) is 11.1 Å². The fraction of sp³-hybridized carbons (Fsp3) is 0.316. The Morgan fingerprint density at radius 1 is 1.13 bits per heavy atom. The molecule has 1 unspecified atom stereocenters. The van der Waals surface area contributed by atoms with Gasteiger partial charge < -0.3 is 10.6 Å². The van der Waals surface area contributed by atoms with E-state index in [1.165, 1.54) is 12.1 Å². The standard InChI is InChI=1S/C19H16Cl2N6O4/c20-12-5-9(27-19(30)26(22)14(28)7-23-27)6-13(21)16(12)31-18-11-4-3-10(8-1-2-8)15(11)17(29)24-25-18/h5-8,10H,1-4,22H2,(H,24,29). The van der Waals surface area contributed by atoms with E-state index in [-0.39, 0.29) is 38.8 Å². The zero-order valence-corrected chi connectivity index (χ0v) is 17.5. The van der Waals surface area contributed by atoms with Crippen molar-refractivity contribution in [3.63, 3.8) is 0 Å². The number of nitrogens with two attached hydrogens (primary N) is 1. The Morgan fingerprint density at radius 2 is 1.84 bits per heavy atom. The van der Waals surface area contributed by atoms with E-state index in [0.717, 1.165) is 41.3 Å². The van der Waals surface area contributed by atoms with Crippen molar-refractivity contribution in [3.8, 4) is 17.3 Å². The van der Waals surface area contributed by atoms with Crippen molar-refractivity contribution < 1.29 is 4.74 Å². The van der Waals surface area contributed by atoms with Gasteiger partial charge in [-0.1, -0.05) is 23.2 Å². The number of H-pyrrole nitrogens is 1. The second-order valence-electron chi connectivity index (χ2n) is 7.62. The van der Waals surface area contributed by atoms with Crippen molar-refractivity contribution in [2.24, 2.45) is 5.92 Å². The topological polar surface area (TPSA) is 138 Å². The molecule has 10 nitrogen and oxygen atoms in total. The van der Waals surface area contributed by atoms with Crippen LogP contribution in [0.2, 0.25) is 10.0 Å². The first-order chi connectivity index (χ1) is 14.8. The van der Waals surface area contributed by atoms with Gasteiger partial charge in [-0.3, -0.25) is 9.59 Å². The molecule has 31 heavy (non-hydrogen) atoms. The molecular formula is C19H16Cl2N6O4. The zero-order chi connectivity index (χ0) is 21.9. The van der Waals surface area contributed by atoms with E-state index < -0.39 is 11.2 Å². The number of aromatic nitrogens is 5. The molecule has 3 N–H and O–H groups in total. The van der Waals surface area contributed by atoms with Crippen molar-refractivity contribution in [2.45, 2.75) is 31.6 Å². The highest BCUT2D eigenvalue weighted by atomic mass is 35.5. The third-order valence-electron chi connectivity index (χ3n) is 5.69. The van der Waals surface area contributed by atoms with Gasteiger partial charge in [-0.15, -0.1) is 5.10 Å². The van der Waals surface area contributed by atoms with E-state index in [9.17, 15) is 14.4 Å². The van der Waals surface area contributed by atoms with Crippen molar-refractivity contribution in [1.29, 1.82) is 0 Å². The Hall–Kier alpha value is -3.11. The van der Waals surface area contributed by atoms with Gasteiger partial charge in [-0.25, -0.2) is 9.89 Å². The number of rotatable bonds is 4. The van der Waals surface area contributed by atoms with Crippen molar-refractivity contribution in [1.82, 2.24) is 24.7 Å². The number of fused-ring (bicyclic) bond motifs is 1. The molecule has 2 heterocycles. The van der Waals surface area contributed by atoms with Crippen LogP contribution in [-0.2, 0) is 6.42 Å². The third-order valence-corrected chi connectivity index (χ3v) is 6.25. The largest absolute Gasteiger partial charge is 0.434 e. The van der Waals surface area contributed by atoms with E-state index in [2.05, 4.69) is 15.3 Å². The minimum atomic E-state index is -0.862. The summed E-state index contributed by atoms with van der Waals surface area (Å²) in [5.41, 5.74) is -0.102. The summed E-state index contributed by atoms with van der Waals surface area (Å²) in [6, 6.07) is 2.81. The molecule has 0 radical (unpaired) electrons. The molecule has 1 saturated carbocycles. The monoisotopic (exact) mass is 462 g/mol. The van der Waals surface area contributed by atoms with E-state index in [1.807, 2.05) is 0 Å². The zero-order valence-electron chi connectivity index (χ0n) is 16.0. The molecule has 1 atom stereocenters. The summed E-state index contributed by atoms with van der Waals surface area (Å²) in [5.74, 6) is 6.57. The summed E-state index contributed by atoms with van der Waals surface area (Å²) in [7, 11) is 0. The highest BCUT2D eigenvalue weighted by Gasteiger charge is 2.40. The summed E-state index contributed by atoms with van der Waals surface area (Å²) >= 11 is 12.8. The van der Waals surface area contributed by atoms with Crippen LogP contribution in [0.4, 0.5) is 0 Å². The first-order valence-electron chi connectivity index (χ1n) is 9.60. The summed E-state index contributed by atoms with van der Waals surface area (Å²) in [6.45, 7) is 0. The average Bonchev–Trinajstić information content (AvgIpc) is 3.48. The quantitative estimate of drug-likeness (QED) is 0.562. The number of benzene rings is 1. The van der Waals surface area contributed by atoms with E-state index in [1.54, 1.807) is 0 Å². The molecule has 1 fully saturated rings. The summed E-state index contributed by atoms with van der Waals surface area (Å²) in [6.07, 6.45) is 4.73. The maximum atomic E-state index is 12.4. The van der Waals surface area contributed by atoms with Crippen molar-refractivity contribution in [3.05, 3.63) is 70.7 Å². The van der Waals surface area contributed by atoms with Crippen LogP contribution in [0.5, 0.6) is 11.6 Å². The lowest BCUT2D eigenvalue weighted by Crippen LogP contribution is -2.44. The lowest BCUT2D eigenvalue weighted by Gasteiger charge is -2.14. The first-order valence-corrected chi connectivity index (χ1v) is 10.4. The molecular weight excluding hydrogens is 447 g/mol. The minimum Gasteiger partial charge on any atom is -0.434 e. The van der Waals surface area contributed by atoms with Gasteiger partial charge in [0.15, 0.2) is 5.75 Å². The van der Waals surface area contributed by atoms with Crippen LogP contribution in [0.3, 0.4) is 0 Å². The SMILES string of the molecule is Nn1c(=O)cnn(-c2cc(Cl)c(Oc3n[nH]c(=O)c4c3CCC4C3CC3)c(Cl)c2)c1=O. The molecule has 0 spiro atoms.